The molecule has 1 atom stereocenters. The first kappa shape index (κ1) is 16.7. The zero-order chi connectivity index (χ0) is 14.3. The highest BCUT2D eigenvalue weighted by molar-refractivity contribution is 5.82. The summed E-state index contributed by atoms with van der Waals surface area (Å²) in [5.74, 6) is -1.14. The molecule has 0 aliphatic heterocycles. The standard InChI is InChI=1S/C12H25N3O3/c1-9(2)10(11(16)17)13-12(18)15(5)8-6-7-14(3)4/h9-10H,6-8H2,1-5H3,(H,13,18)(H,16,17)/t10-/m0/s1. The molecule has 0 aliphatic rings. The largest absolute Gasteiger partial charge is 0.480 e. The Labute approximate surface area is 109 Å². The summed E-state index contributed by atoms with van der Waals surface area (Å²) in [5, 5.41) is 11.5. The summed E-state index contributed by atoms with van der Waals surface area (Å²) in [6.45, 7) is 5.04. The average Bonchev–Trinajstić information content (AvgIpc) is 2.23. The number of hydrogen-bond acceptors (Lipinski definition) is 3. The summed E-state index contributed by atoms with van der Waals surface area (Å²) in [6, 6.07) is -1.18. The van der Waals surface area contributed by atoms with E-state index < -0.39 is 12.0 Å². The van der Waals surface area contributed by atoms with E-state index in [1.165, 1.54) is 4.90 Å². The maximum absolute atomic E-state index is 11.8. The zero-order valence-corrected chi connectivity index (χ0v) is 11.9. The normalized spacial score (nSPS) is 12.6. The molecule has 0 aromatic heterocycles. The molecule has 0 aliphatic carbocycles. The van der Waals surface area contributed by atoms with Gasteiger partial charge in [0.05, 0.1) is 0 Å². The quantitative estimate of drug-likeness (QED) is 0.705. The Kier molecular flexibility index (Phi) is 7.35. The molecule has 0 bridgehead atoms. The van der Waals surface area contributed by atoms with Gasteiger partial charge in [-0.05, 0) is 33.0 Å². The second-order valence-corrected chi connectivity index (χ2v) is 5.09. The molecule has 0 spiro atoms. The molecule has 0 radical (unpaired) electrons. The fraction of sp³-hybridized carbons (Fsp3) is 0.833. The van der Waals surface area contributed by atoms with Crippen LogP contribution in [0, 0.1) is 5.92 Å². The number of nitrogens with zero attached hydrogens (tertiary/aromatic N) is 2. The molecule has 18 heavy (non-hydrogen) atoms. The molecule has 2 amide bonds. The summed E-state index contributed by atoms with van der Waals surface area (Å²) < 4.78 is 0. The molecule has 6 nitrogen and oxygen atoms in total. The first-order valence-corrected chi connectivity index (χ1v) is 6.14. The number of carboxylic acids is 1. The monoisotopic (exact) mass is 259 g/mol. The second-order valence-electron chi connectivity index (χ2n) is 5.09. The number of carbonyl (C=O) groups excluding carboxylic acids is 1. The van der Waals surface area contributed by atoms with Crippen molar-refractivity contribution >= 4 is 12.0 Å². The Morgan fingerprint density at radius 1 is 1.17 bits per heavy atom. The fourth-order valence-corrected chi connectivity index (χ4v) is 1.48. The van der Waals surface area contributed by atoms with Gasteiger partial charge in [-0.2, -0.15) is 0 Å². The van der Waals surface area contributed by atoms with Crippen molar-refractivity contribution in [2.75, 3.05) is 34.2 Å². The molecule has 106 valence electrons. The summed E-state index contributed by atoms with van der Waals surface area (Å²) in [4.78, 5) is 26.3. The van der Waals surface area contributed by atoms with Gasteiger partial charge in [-0.3, -0.25) is 0 Å². The highest BCUT2D eigenvalue weighted by Crippen LogP contribution is 2.02. The summed E-state index contributed by atoms with van der Waals surface area (Å²) in [7, 11) is 5.61. The lowest BCUT2D eigenvalue weighted by molar-refractivity contribution is -0.140. The topological polar surface area (TPSA) is 72.9 Å². The summed E-state index contributed by atoms with van der Waals surface area (Å²) in [5.41, 5.74) is 0. The number of aliphatic carboxylic acids is 1. The predicted octanol–water partition coefficient (Wildman–Crippen LogP) is 0.689. The lowest BCUT2D eigenvalue weighted by Crippen LogP contribution is -2.49. The first-order valence-electron chi connectivity index (χ1n) is 6.14. The molecule has 6 heteroatoms. The minimum Gasteiger partial charge on any atom is -0.480 e. The lowest BCUT2D eigenvalue weighted by atomic mass is 10.1. The molecule has 0 aromatic rings. The Hall–Kier alpha value is -1.30. The van der Waals surface area contributed by atoms with E-state index in [-0.39, 0.29) is 11.9 Å². The molecular formula is C12H25N3O3. The minimum atomic E-state index is -1.000. The van der Waals surface area contributed by atoms with Crippen molar-refractivity contribution in [2.45, 2.75) is 26.3 Å². The van der Waals surface area contributed by atoms with E-state index in [0.29, 0.717) is 6.54 Å². The Bertz CT molecular complexity index is 280. The van der Waals surface area contributed by atoms with Crippen LogP contribution in [0.1, 0.15) is 20.3 Å². The van der Waals surface area contributed by atoms with Crippen molar-refractivity contribution in [1.29, 1.82) is 0 Å². The SMILES string of the molecule is CC(C)[C@H](NC(=O)N(C)CCCN(C)C)C(=O)O. The van der Waals surface area contributed by atoms with Crippen molar-refractivity contribution in [3.63, 3.8) is 0 Å². The first-order chi connectivity index (χ1) is 8.25. The molecule has 2 N–H and O–H groups in total. The van der Waals surface area contributed by atoms with Gasteiger partial charge < -0.3 is 20.2 Å². The van der Waals surface area contributed by atoms with Crippen LogP contribution in [-0.4, -0.2) is 67.2 Å². The Balaban J connectivity index is 4.17. The zero-order valence-electron chi connectivity index (χ0n) is 11.9. The minimum absolute atomic E-state index is 0.137. The number of rotatable bonds is 7. The van der Waals surface area contributed by atoms with Gasteiger partial charge >= 0.3 is 12.0 Å². The van der Waals surface area contributed by atoms with Gasteiger partial charge in [0.15, 0.2) is 0 Å². The van der Waals surface area contributed by atoms with Crippen molar-refractivity contribution in [3.05, 3.63) is 0 Å². The molecule has 0 unspecified atom stereocenters. The van der Waals surface area contributed by atoms with Crippen LogP contribution >= 0.6 is 0 Å². The van der Waals surface area contributed by atoms with Crippen LogP contribution in [0.3, 0.4) is 0 Å². The fourth-order valence-electron chi connectivity index (χ4n) is 1.48. The van der Waals surface area contributed by atoms with Gasteiger partial charge in [-0.25, -0.2) is 9.59 Å². The molecule has 0 rings (SSSR count). The van der Waals surface area contributed by atoms with E-state index in [9.17, 15) is 9.59 Å². The number of urea groups is 1. The van der Waals surface area contributed by atoms with Gasteiger partial charge in [0, 0.05) is 13.6 Å². The van der Waals surface area contributed by atoms with Crippen molar-refractivity contribution in [3.8, 4) is 0 Å². The molecular weight excluding hydrogens is 234 g/mol. The van der Waals surface area contributed by atoms with Crippen LogP contribution in [-0.2, 0) is 4.79 Å². The molecule has 0 saturated carbocycles. The van der Waals surface area contributed by atoms with E-state index >= 15 is 0 Å². The van der Waals surface area contributed by atoms with Crippen LogP contribution in [0.2, 0.25) is 0 Å². The maximum atomic E-state index is 11.8. The maximum Gasteiger partial charge on any atom is 0.326 e. The number of amides is 2. The summed E-state index contributed by atoms with van der Waals surface area (Å²) in [6.07, 6.45) is 0.857. The van der Waals surface area contributed by atoms with E-state index in [1.807, 2.05) is 19.0 Å². The molecule has 0 saturated heterocycles. The second kappa shape index (κ2) is 7.92. The van der Waals surface area contributed by atoms with E-state index in [0.717, 1.165) is 13.0 Å². The Morgan fingerprint density at radius 3 is 2.11 bits per heavy atom. The molecule has 0 heterocycles. The Morgan fingerprint density at radius 2 is 1.72 bits per heavy atom. The van der Waals surface area contributed by atoms with E-state index in [2.05, 4.69) is 5.32 Å². The van der Waals surface area contributed by atoms with Gasteiger partial charge in [-0.1, -0.05) is 13.8 Å². The number of hydrogen-bond donors (Lipinski definition) is 2. The van der Waals surface area contributed by atoms with Gasteiger partial charge in [-0.15, -0.1) is 0 Å². The highest BCUT2D eigenvalue weighted by Gasteiger charge is 2.24. The van der Waals surface area contributed by atoms with Crippen molar-refractivity contribution < 1.29 is 14.7 Å². The molecule has 0 aromatic carbocycles. The number of carboxylic acid groups (broad SMARTS) is 1. The third-order valence-electron chi connectivity index (χ3n) is 2.66. The van der Waals surface area contributed by atoms with Crippen molar-refractivity contribution in [2.24, 2.45) is 5.92 Å². The van der Waals surface area contributed by atoms with Gasteiger partial charge in [0.1, 0.15) is 6.04 Å². The smallest absolute Gasteiger partial charge is 0.326 e. The summed E-state index contributed by atoms with van der Waals surface area (Å²) >= 11 is 0. The van der Waals surface area contributed by atoms with Gasteiger partial charge in [0.2, 0.25) is 0 Å². The van der Waals surface area contributed by atoms with Crippen LogP contribution < -0.4 is 5.32 Å². The highest BCUT2D eigenvalue weighted by atomic mass is 16.4. The van der Waals surface area contributed by atoms with E-state index in [4.69, 9.17) is 5.11 Å². The van der Waals surface area contributed by atoms with Gasteiger partial charge in [0.25, 0.3) is 0 Å². The molecule has 0 fully saturated rings. The number of carbonyl (C=O) groups is 2. The van der Waals surface area contributed by atoms with Crippen LogP contribution in [0.25, 0.3) is 0 Å². The predicted molar refractivity (Wildman–Crippen MR) is 70.6 cm³/mol. The van der Waals surface area contributed by atoms with Crippen LogP contribution in [0.4, 0.5) is 4.79 Å². The van der Waals surface area contributed by atoms with Crippen LogP contribution in [0.15, 0.2) is 0 Å². The van der Waals surface area contributed by atoms with Crippen LogP contribution in [0.5, 0.6) is 0 Å². The van der Waals surface area contributed by atoms with E-state index in [1.54, 1.807) is 20.9 Å². The lowest BCUT2D eigenvalue weighted by Gasteiger charge is -2.23. The third-order valence-corrected chi connectivity index (χ3v) is 2.66. The third kappa shape index (κ3) is 6.44. The van der Waals surface area contributed by atoms with Crippen molar-refractivity contribution in [1.82, 2.24) is 15.1 Å². The average molecular weight is 259 g/mol. The number of nitrogens with one attached hydrogen (secondary N) is 1.